The van der Waals surface area contributed by atoms with E-state index in [4.69, 9.17) is 17.4 Å². The molecule has 1 aromatic carbocycles. The summed E-state index contributed by atoms with van der Waals surface area (Å²) in [6.07, 6.45) is -0.205. The van der Waals surface area contributed by atoms with E-state index in [0.29, 0.717) is 17.0 Å². The molecule has 2 amide bonds. The number of nitrogens with one attached hydrogen (secondary N) is 1. The number of hydrazine groups is 1. The molecule has 0 saturated carbocycles. The Labute approximate surface area is 136 Å². The van der Waals surface area contributed by atoms with Crippen molar-refractivity contribution >= 4 is 40.0 Å². The average Bonchev–Trinajstić information content (AvgIpc) is 2.80. The molecule has 0 radical (unpaired) electrons. The van der Waals surface area contributed by atoms with Gasteiger partial charge in [0.05, 0.1) is 5.52 Å². The lowest BCUT2D eigenvalue weighted by atomic mass is 10.2. The molecule has 23 heavy (non-hydrogen) atoms. The number of rotatable bonds is 5. The van der Waals surface area contributed by atoms with Crippen molar-refractivity contribution in [2.45, 2.75) is 26.3 Å². The van der Waals surface area contributed by atoms with E-state index in [2.05, 4.69) is 10.2 Å². The number of carbonyl (C=O) groups excluding carboxylic acids is 2. The number of hydrogen-bond acceptors (Lipinski definition) is 5. The number of halogens is 1. The smallest absolute Gasteiger partial charge is 0.265 e. The zero-order valence-electron chi connectivity index (χ0n) is 12.4. The van der Waals surface area contributed by atoms with Gasteiger partial charge in [0.1, 0.15) is 0 Å². The largest absolute Gasteiger partial charge is 0.493 e. The summed E-state index contributed by atoms with van der Waals surface area (Å²) in [4.78, 5) is 22.6. The normalized spacial score (nSPS) is 11.3. The van der Waals surface area contributed by atoms with Crippen LogP contribution < -0.4 is 11.3 Å². The number of fused-ring (bicyclic) bond motifs is 1. The minimum Gasteiger partial charge on any atom is -0.493 e. The minimum atomic E-state index is -0.590. The van der Waals surface area contributed by atoms with Gasteiger partial charge in [0.15, 0.2) is 5.69 Å². The van der Waals surface area contributed by atoms with E-state index < -0.39 is 11.8 Å². The third-order valence-corrected chi connectivity index (χ3v) is 3.51. The van der Waals surface area contributed by atoms with Gasteiger partial charge in [0, 0.05) is 29.8 Å². The number of aryl methyl sites for hydroxylation is 1. The van der Waals surface area contributed by atoms with Crippen LogP contribution in [0.25, 0.3) is 10.9 Å². The van der Waals surface area contributed by atoms with Crippen LogP contribution in [-0.2, 0) is 16.1 Å². The van der Waals surface area contributed by atoms with Gasteiger partial charge >= 0.3 is 0 Å². The molecule has 0 saturated heterocycles. The lowest BCUT2D eigenvalue weighted by molar-refractivity contribution is -0.125. The first kappa shape index (κ1) is 16.9. The number of carbonyl (C=O) groups is 2. The molecule has 0 unspecified atom stereocenters. The molecule has 0 fully saturated rings. The van der Waals surface area contributed by atoms with Crippen LogP contribution in [0, 0.1) is 0 Å². The number of hydrogen-bond donors (Lipinski definition) is 3. The fourth-order valence-corrected chi connectivity index (χ4v) is 2.33. The molecule has 0 aliphatic carbocycles. The summed E-state index contributed by atoms with van der Waals surface area (Å²) in [5.41, 5.74) is 2.83. The molecule has 0 aliphatic heterocycles. The minimum absolute atomic E-state index is 0.0805. The summed E-state index contributed by atoms with van der Waals surface area (Å²) in [5, 5.41) is 18.7. The van der Waals surface area contributed by atoms with E-state index in [9.17, 15) is 14.7 Å². The summed E-state index contributed by atoms with van der Waals surface area (Å²) < 4.78 is 1.63. The predicted octanol–water partition coefficient (Wildman–Crippen LogP) is 2.40. The Balaban J connectivity index is 2.30. The molecule has 0 atom stereocenters. The van der Waals surface area contributed by atoms with Crippen molar-refractivity contribution in [2.24, 2.45) is 16.1 Å². The predicted molar refractivity (Wildman–Crippen MR) is 85.4 cm³/mol. The molecule has 0 aliphatic rings. The lowest BCUT2D eigenvalue weighted by Gasteiger charge is -2.01. The van der Waals surface area contributed by atoms with Crippen LogP contribution in [0.3, 0.4) is 0 Å². The highest BCUT2D eigenvalue weighted by Gasteiger charge is 2.16. The summed E-state index contributed by atoms with van der Waals surface area (Å²) in [5.74, 6) is 3.77. The lowest BCUT2D eigenvalue weighted by Crippen LogP contribution is -2.30. The molecule has 4 N–H and O–H groups in total. The van der Waals surface area contributed by atoms with Crippen LogP contribution in [0.4, 0.5) is 5.69 Å². The average molecular weight is 338 g/mol. The highest BCUT2D eigenvalue weighted by Crippen LogP contribution is 2.39. The SMILES string of the molecule is CCn1c(O)c(N=NC(=O)CCC(=O)NN)c2cc(Cl)ccc21. The van der Waals surface area contributed by atoms with Gasteiger partial charge in [-0.2, -0.15) is 0 Å². The van der Waals surface area contributed by atoms with Crippen LogP contribution in [-0.4, -0.2) is 21.5 Å². The van der Waals surface area contributed by atoms with Crippen LogP contribution in [0.15, 0.2) is 28.4 Å². The molecule has 1 aromatic heterocycles. The third kappa shape index (κ3) is 3.66. The Kier molecular flexibility index (Phi) is 5.30. The maximum Gasteiger partial charge on any atom is 0.265 e. The van der Waals surface area contributed by atoms with Crippen molar-refractivity contribution in [3.05, 3.63) is 23.2 Å². The fourth-order valence-electron chi connectivity index (χ4n) is 2.16. The maximum atomic E-state index is 11.6. The first-order valence-electron chi connectivity index (χ1n) is 6.92. The van der Waals surface area contributed by atoms with E-state index in [1.165, 1.54) is 0 Å². The van der Waals surface area contributed by atoms with Gasteiger partial charge in [-0.25, -0.2) is 5.84 Å². The summed E-state index contributed by atoms with van der Waals surface area (Å²) in [6, 6.07) is 5.10. The van der Waals surface area contributed by atoms with Crippen molar-refractivity contribution in [3.63, 3.8) is 0 Å². The highest BCUT2D eigenvalue weighted by atomic mass is 35.5. The Hall–Kier alpha value is -2.45. The number of amides is 2. The number of nitrogens with two attached hydrogens (primary N) is 1. The van der Waals surface area contributed by atoms with Crippen molar-refractivity contribution < 1.29 is 14.7 Å². The van der Waals surface area contributed by atoms with Crippen LogP contribution >= 0.6 is 11.6 Å². The molecular formula is C14H16ClN5O3. The second-order valence-electron chi connectivity index (χ2n) is 4.74. The van der Waals surface area contributed by atoms with Crippen LogP contribution in [0.5, 0.6) is 5.88 Å². The first-order valence-corrected chi connectivity index (χ1v) is 7.30. The van der Waals surface area contributed by atoms with Crippen molar-refractivity contribution in [1.82, 2.24) is 9.99 Å². The molecule has 1 heterocycles. The standard InChI is InChI=1S/C14H16ClN5O3/c1-2-20-10-4-3-8(15)7-9(10)13(14(20)23)19-18-12(22)6-5-11(21)17-16/h3-4,7,23H,2,5-6,16H2,1H3,(H,17,21). The van der Waals surface area contributed by atoms with E-state index >= 15 is 0 Å². The van der Waals surface area contributed by atoms with Gasteiger partial charge in [-0.15, -0.1) is 10.2 Å². The first-order chi connectivity index (χ1) is 11.0. The fraction of sp³-hybridized carbons (Fsp3) is 0.286. The van der Waals surface area contributed by atoms with Gasteiger partial charge in [-0.3, -0.25) is 15.0 Å². The third-order valence-electron chi connectivity index (χ3n) is 3.28. The maximum absolute atomic E-state index is 11.6. The highest BCUT2D eigenvalue weighted by molar-refractivity contribution is 6.31. The zero-order chi connectivity index (χ0) is 17.0. The molecule has 2 aromatic rings. The summed E-state index contributed by atoms with van der Waals surface area (Å²) in [6.45, 7) is 2.38. The monoisotopic (exact) mass is 337 g/mol. The van der Waals surface area contributed by atoms with E-state index in [1.807, 2.05) is 12.3 Å². The molecule has 0 spiro atoms. The van der Waals surface area contributed by atoms with Crippen molar-refractivity contribution in [2.75, 3.05) is 0 Å². The van der Waals surface area contributed by atoms with Gasteiger partial charge in [0.25, 0.3) is 5.91 Å². The van der Waals surface area contributed by atoms with Gasteiger partial charge in [-0.1, -0.05) is 11.6 Å². The number of nitrogens with zero attached hydrogens (tertiary/aromatic N) is 3. The quantitative estimate of drug-likeness (QED) is 0.335. The topological polar surface area (TPSA) is 122 Å². The molecule has 8 nitrogen and oxygen atoms in total. The summed E-state index contributed by atoms with van der Waals surface area (Å²) in [7, 11) is 0. The second-order valence-corrected chi connectivity index (χ2v) is 5.18. The van der Waals surface area contributed by atoms with Gasteiger partial charge in [-0.05, 0) is 25.1 Å². The number of aromatic nitrogens is 1. The Morgan fingerprint density at radius 1 is 1.39 bits per heavy atom. The van der Waals surface area contributed by atoms with Crippen molar-refractivity contribution in [1.29, 1.82) is 0 Å². The molecular weight excluding hydrogens is 322 g/mol. The van der Waals surface area contributed by atoms with Crippen LogP contribution in [0.1, 0.15) is 19.8 Å². The second kappa shape index (κ2) is 7.21. The van der Waals surface area contributed by atoms with Crippen molar-refractivity contribution in [3.8, 4) is 5.88 Å². The molecule has 2 rings (SSSR count). The Morgan fingerprint density at radius 3 is 2.78 bits per heavy atom. The van der Waals surface area contributed by atoms with Gasteiger partial charge < -0.3 is 9.67 Å². The van der Waals surface area contributed by atoms with E-state index in [-0.39, 0.29) is 24.4 Å². The summed E-state index contributed by atoms with van der Waals surface area (Å²) >= 11 is 5.97. The number of benzene rings is 1. The van der Waals surface area contributed by atoms with E-state index in [1.54, 1.807) is 22.8 Å². The molecule has 0 bridgehead atoms. The molecule has 9 heteroatoms. The Morgan fingerprint density at radius 2 is 2.13 bits per heavy atom. The number of azo groups is 1. The zero-order valence-corrected chi connectivity index (χ0v) is 13.2. The van der Waals surface area contributed by atoms with Gasteiger partial charge in [0.2, 0.25) is 11.8 Å². The number of aromatic hydroxyl groups is 1. The molecule has 122 valence electrons. The van der Waals surface area contributed by atoms with Crippen LogP contribution in [0.2, 0.25) is 5.02 Å². The van der Waals surface area contributed by atoms with E-state index in [0.717, 1.165) is 5.52 Å². The Bertz CT molecular complexity index is 784.